The minimum absolute atomic E-state index is 0.138. The Kier molecular flexibility index (Phi) is 4.29. The lowest BCUT2D eigenvalue weighted by molar-refractivity contribution is -0.150. The van der Waals surface area contributed by atoms with Crippen LogP contribution in [-0.2, 0) is 4.79 Å². The summed E-state index contributed by atoms with van der Waals surface area (Å²) in [5.74, 6) is 1.15. The van der Waals surface area contributed by atoms with Gasteiger partial charge in [-0.2, -0.15) is 11.8 Å². The Morgan fingerprint density at radius 3 is 2.50 bits per heavy atom. The summed E-state index contributed by atoms with van der Waals surface area (Å²) >= 11 is 1.76. The molecule has 0 spiro atoms. The molecule has 0 aromatic carbocycles. The number of thioether (sulfide) groups is 1. The molecule has 1 fully saturated rings. The average Bonchev–Trinajstić information content (AvgIpc) is 2.16. The summed E-state index contributed by atoms with van der Waals surface area (Å²) in [6.07, 6.45) is 1.79. The first-order valence-corrected chi connectivity index (χ1v) is 6.96. The van der Waals surface area contributed by atoms with E-state index < -0.39 is 11.5 Å². The molecule has 0 bridgehead atoms. The number of carboxylic acid groups (broad SMARTS) is 1. The molecule has 16 heavy (non-hydrogen) atoms. The Balaban J connectivity index is 2.80. The van der Waals surface area contributed by atoms with Crippen LogP contribution in [-0.4, -0.2) is 46.6 Å². The average molecular weight is 245 g/mol. The van der Waals surface area contributed by atoms with Crippen molar-refractivity contribution < 1.29 is 9.90 Å². The zero-order valence-corrected chi connectivity index (χ0v) is 11.6. The van der Waals surface area contributed by atoms with Crippen molar-refractivity contribution >= 4 is 17.7 Å². The molecule has 3 nitrogen and oxygen atoms in total. The molecule has 0 aliphatic carbocycles. The maximum Gasteiger partial charge on any atom is 0.324 e. The molecule has 1 aliphatic heterocycles. The van der Waals surface area contributed by atoms with Crippen molar-refractivity contribution in [1.29, 1.82) is 0 Å². The molecule has 0 aromatic rings. The minimum atomic E-state index is -0.661. The number of carboxylic acids is 1. The predicted octanol–water partition coefficient (Wildman–Crippen LogP) is 2.31. The monoisotopic (exact) mass is 245 g/mol. The maximum absolute atomic E-state index is 11.5. The summed E-state index contributed by atoms with van der Waals surface area (Å²) in [4.78, 5) is 13.6. The fourth-order valence-electron chi connectivity index (χ4n) is 2.28. The second kappa shape index (κ2) is 4.96. The Bertz CT molecular complexity index is 254. The zero-order valence-electron chi connectivity index (χ0n) is 10.7. The smallest absolute Gasteiger partial charge is 0.324 e. The highest BCUT2D eigenvalue weighted by Gasteiger charge is 2.44. The van der Waals surface area contributed by atoms with Crippen molar-refractivity contribution in [2.75, 3.05) is 25.1 Å². The van der Waals surface area contributed by atoms with Gasteiger partial charge in [-0.05, 0) is 31.1 Å². The number of nitrogens with zero attached hydrogens (tertiary/aromatic N) is 1. The summed E-state index contributed by atoms with van der Waals surface area (Å²) in [6, 6.07) is 0. The van der Waals surface area contributed by atoms with E-state index in [9.17, 15) is 9.90 Å². The number of aliphatic carboxylic acids is 1. The molecule has 1 saturated heterocycles. The van der Waals surface area contributed by atoms with Gasteiger partial charge in [0.2, 0.25) is 0 Å². The van der Waals surface area contributed by atoms with Crippen molar-refractivity contribution in [3.8, 4) is 0 Å². The van der Waals surface area contributed by atoms with Crippen molar-refractivity contribution in [3.63, 3.8) is 0 Å². The zero-order chi connectivity index (χ0) is 12.4. The van der Waals surface area contributed by atoms with Gasteiger partial charge in [-0.1, -0.05) is 20.8 Å². The topological polar surface area (TPSA) is 40.5 Å². The first-order valence-electron chi connectivity index (χ1n) is 5.80. The van der Waals surface area contributed by atoms with Crippen LogP contribution in [0.15, 0.2) is 0 Å². The molecule has 1 rings (SSSR count). The standard InChI is InChI=1S/C12H23NO2S/c1-11(2,3)8-13(4)12(10(14)15)6-5-7-16-9-12/h5-9H2,1-4H3,(H,14,15). The Morgan fingerprint density at radius 2 is 2.12 bits per heavy atom. The van der Waals surface area contributed by atoms with Gasteiger partial charge in [0.15, 0.2) is 0 Å². The van der Waals surface area contributed by atoms with Crippen LogP contribution in [0.1, 0.15) is 33.6 Å². The van der Waals surface area contributed by atoms with E-state index in [1.807, 2.05) is 11.9 Å². The number of likely N-dealkylation sites (N-methyl/N-ethyl adjacent to an activating group) is 1. The van der Waals surface area contributed by atoms with E-state index in [4.69, 9.17) is 0 Å². The van der Waals surface area contributed by atoms with Crippen LogP contribution < -0.4 is 0 Å². The van der Waals surface area contributed by atoms with Crippen molar-refractivity contribution in [2.45, 2.75) is 39.2 Å². The fourth-order valence-corrected chi connectivity index (χ4v) is 3.59. The van der Waals surface area contributed by atoms with E-state index in [2.05, 4.69) is 20.8 Å². The fraction of sp³-hybridized carbons (Fsp3) is 0.917. The van der Waals surface area contributed by atoms with E-state index in [0.717, 1.165) is 30.9 Å². The molecule has 4 heteroatoms. The highest BCUT2D eigenvalue weighted by Crippen LogP contribution is 2.33. The molecule has 0 aromatic heterocycles. The van der Waals surface area contributed by atoms with Gasteiger partial charge in [-0.3, -0.25) is 9.69 Å². The van der Waals surface area contributed by atoms with Crippen LogP contribution in [0.3, 0.4) is 0 Å². The lowest BCUT2D eigenvalue weighted by Gasteiger charge is -2.43. The molecule has 1 aliphatic rings. The van der Waals surface area contributed by atoms with Crippen LogP contribution in [0.25, 0.3) is 0 Å². The third-order valence-electron chi connectivity index (χ3n) is 3.06. The Hall–Kier alpha value is -0.220. The number of rotatable bonds is 3. The van der Waals surface area contributed by atoms with Crippen LogP contribution in [0.4, 0.5) is 0 Å². The van der Waals surface area contributed by atoms with Gasteiger partial charge in [-0.15, -0.1) is 0 Å². The Morgan fingerprint density at radius 1 is 1.50 bits per heavy atom. The molecular weight excluding hydrogens is 222 g/mol. The minimum Gasteiger partial charge on any atom is -0.480 e. The number of hydrogen-bond acceptors (Lipinski definition) is 3. The van der Waals surface area contributed by atoms with Gasteiger partial charge >= 0.3 is 5.97 Å². The molecule has 1 unspecified atom stereocenters. The first-order chi connectivity index (χ1) is 7.28. The summed E-state index contributed by atoms with van der Waals surface area (Å²) < 4.78 is 0. The molecule has 1 N–H and O–H groups in total. The molecule has 94 valence electrons. The number of carbonyl (C=O) groups is 1. The van der Waals surface area contributed by atoms with Crippen LogP contribution >= 0.6 is 11.8 Å². The highest BCUT2D eigenvalue weighted by atomic mass is 32.2. The first kappa shape index (κ1) is 13.8. The normalized spacial score (nSPS) is 27.1. The SMILES string of the molecule is CN(CC(C)(C)C)C1(C(=O)O)CCCSC1. The summed E-state index contributed by atoms with van der Waals surface area (Å²) in [7, 11) is 1.95. The summed E-state index contributed by atoms with van der Waals surface area (Å²) in [5.41, 5.74) is -0.504. The van der Waals surface area contributed by atoms with Crippen molar-refractivity contribution in [3.05, 3.63) is 0 Å². The third kappa shape index (κ3) is 3.14. The van der Waals surface area contributed by atoms with E-state index >= 15 is 0 Å². The van der Waals surface area contributed by atoms with Crippen LogP contribution in [0.2, 0.25) is 0 Å². The van der Waals surface area contributed by atoms with E-state index in [0.29, 0.717) is 0 Å². The molecule has 0 amide bonds. The molecule has 0 saturated carbocycles. The number of hydrogen-bond donors (Lipinski definition) is 1. The Labute approximate surface area is 103 Å². The van der Waals surface area contributed by atoms with Gasteiger partial charge in [-0.25, -0.2) is 0 Å². The van der Waals surface area contributed by atoms with Crippen LogP contribution in [0, 0.1) is 5.41 Å². The maximum atomic E-state index is 11.5. The molecule has 1 heterocycles. The molecule has 0 radical (unpaired) electrons. The van der Waals surface area contributed by atoms with Gasteiger partial charge < -0.3 is 5.11 Å². The van der Waals surface area contributed by atoms with Gasteiger partial charge in [0.25, 0.3) is 0 Å². The lowest BCUT2D eigenvalue weighted by atomic mass is 9.89. The van der Waals surface area contributed by atoms with Gasteiger partial charge in [0, 0.05) is 12.3 Å². The molecule has 1 atom stereocenters. The van der Waals surface area contributed by atoms with Crippen molar-refractivity contribution in [2.24, 2.45) is 5.41 Å². The second-order valence-corrected chi connectivity index (χ2v) is 7.01. The largest absolute Gasteiger partial charge is 0.480 e. The lowest BCUT2D eigenvalue weighted by Crippen LogP contribution is -2.58. The summed E-state index contributed by atoms with van der Waals surface area (Å²) in [6.45, 7) is 7.26. The predicted molar refractivity (Wildman–Crippen MR) is 69.0 cm³/mol. The van der Waals surface area contributed by atoms with Crippen LogP contribution in [0.5, 0.6) is 0 Å². The van der Waals surface area contributed by atoms with E-state index in [1.54, 1.807) is 11.8 Å². The third-order valence-corrected chi connectivity index (χ3v) is 4.32. The molecular formula is C12H23NO2S. The highest BCUT2D eigenvalue weighted by molar-refractivity contribution is 7.99. The van der Waals surface area contributed by atoms with Gasteiger partial charge in [0.05, 0.1) is 0 Å². The van der Waals surface area contributed by atoms with E-state index in [1.165, 1.54) is 0 Å². The van der Waals surface area contributed by atoms with E-state index in [-0.39, 0.29) is 5.41 Å². The quantitative estimate of drug-likeness (QED) is 0.828. The van der Waals surface area contributed by atoms with Gasteiger partial charge in [0.1, 0.15) is 5.54 Å². The summed E-state index contributed by atoms with van der Waals surface area (Å²) in [5, 5.41) is 9.50. The second-order valence-electron chi connectivity index (χ2n) is 5.91. The van der Waals surface area contributed by atoms with Crippen molar-refractivity contribution in [1.82, 2.24) is 4.90 Å².